The van der Waals surface area contributed by atoms with Crippen molar-refractivity contribution < 1.29 is 23.4 Å². The smallest absolute Gasteiger partial charge is 0.295 e. The molecule has 5 aromatic rings. The van der Waals surface area contributed by atoms with Gasteiger partial charge in [0, 0.05) is 5.69 Å². The molecule has 0 fully saturated rings. The zero-order chi connectivity index (χ0) is 28.5. The van der Waals surface area contributed by atoms with Crippen molar-refractivity contribution in [1.82, 2.24) is 0 Å². The van der Waals surface area contributed by atoms with Crippen LogP contribution in [0.4, 0.5) is 5.69 Å². The van der Waals surface area contributed by atoms with Gasteiger partial charge in [-0.3, -0.25) is 14.5 Å². The minimum atomic E-state index is -0.742. The van der Waals surface area contributed by atoms with Crippen LogP contribution in [-0.2, 0) is 6.61 Å². The first-order chi connectivity index (χ1) is 20.0. The summed E-state index contributed by atoms with van der Waals surface area (Å²) in [6.45, 7) is 4.72. The van der Waals surface area contributed by atoms with Crippen molar-refractivity contribution >= 4 is 22.6 Å². The van der Waals surface area contributed by atoms with Crippen LogP contribution in [0.15, 0.2) is 100 Å². The van der Waals surface area contributed by atoms with Crippen molar-refractivity contribution in [3.8, 4) is 17.2 Å². The van der Waals surface area contributed by atoms with Crippen molar-refractivity contribution in [1.29, 1.82) is 0 Å². The lowest BCUT2D eigenvalue weighted by Gasteiger charge is -2.26. The molecular formula is C34H29NO6. The molecule has 1 aliphatic rings. The van der Waals surface area contributed by atoms with Gasteiger partial charge in [-0.05, 0) is 73.5 Å². The van der Waals surface area contributed by atoms with Crippen LogP contribution in [-0.4, -0.2) is 19.6 Å². The van der Waals surface area contributed by atoms with Crippen molar-refractivity contribution in [2.45, 2.75) is 26.5 Å². The maximum absolute atomic E-state index is 14.0. The number of rotatable bonds is 8. The van der Waals surface area contributed by atoms with E-state index in [0.29, 0.717) is 58.2 Å². The number of nitrogens with zero attached hydrogens (tertiary/aromatic N) is 1. The number of ether oxygens (including phenoxy) is 3. The fourth-order valence-corrected chi connectivity index (χ4v) is 5.25. The van der Waals surface area contributed by atoms with Crippen LogP contribution in [0.1, 0.15) is 45.8 Å². The van der Waals surface area contributed by atoms with E-state index >= 15 is 0 Å². The zero-order valence-electron chi connectivity index (χ0n) is 23.0. The van der Waals surface area contributed by atoms with Crippen LogP contribution in [0.25, 0.3) is 11.0 Å². The number of carbonyl (C=O) groups is 1. The van der Waals surface area contributed by atoms with Crippen molar-refractivity contribution in [2.24, 2.45) is 0 Å². The number of fused-ring (bicyclic) bond motifs is 2. The average molecular weight is 548 g/mol. The van der Waals surface area contributed by atoms with Gasteiger partial charge in [0.25, 0.3) is 5.91 Å². The van der Waals surface area contributed by atoms with E-state index < -0.39 is 11.9 Å². The van der Waals surface area contributed by atoms with Crippen LogP contribution in [0.5, 0.6) is 17.2 Å². The molecule has 2 heterocycles. The first kappa shape index (κ1) is 26.2. The molecular weight excluding hydrogens is 518 g/mol. The molecule has 7 nitrogen and oxygen atoms in total. The summed E-state index contributed by atoms with van der Waals surface area (Å²) in [6.07, 6.45) is 0. The number of carbonyl (C=O) groups excluding carboxylic acids is 1. The number of aryl methyl sites for hydroxylation is 1. The maximum Gasteiger partial charge on any atom is 0.295 e. The van der Waals surface area contributed by atoms with Gasteiger partial charge in [0.2, 0.25) is 5.76 Å². The molecule has 1 unspecified atom stereocenters. The Morgan fingerprint density at radius 2 is 1.63 bits per heavy atom. The Labute approximate surface area is 237 Å². The van der Waals surface area contributed by atoms with Crippen molar-refractivity contribution in [3.05, 3.63) is 129 Å². The highest BCUT2D eigenvalue weighted by molar-refractivity contribution is 6.10. The lowest BCUT2D eigenvalue weighted by atomic mass is 9.97. The highest BCUT2D eigenvalue weighted by atomic mass is 16.5. The number of benzene rings is 4. The largest absolute Gasteiger partial charge is 0.494 e. The lowest BCUT2D eigenvalue weighted by Crippen LogP contribution is -2.29. The molecule has 4 aromatic carbocycles. The topological polar surface area (TPSA) is 78.2 Å². The van der Waals surface area contributed by atoms with Gasteiger partial charge in [0.15, 0.2) is 16.9 Å². The molecule has 206 valence electrons. The molecule has 0 saturated heterocycles. The van der Waals surface area contributed by atoms with E-state index in [2.05, 4.69) is 0 Å². The summed E-state index contributed by atoms with van der Waals surface area (Å²) < 4.78 is 23.5. The first-order valence-corrected chi connectivity index (χ1v) is 13.5. The monoisotopic (exact) mass is 547 g/mol. The second-order valence-corrected chi connectivity index (χ2v) is 9.86. The van der Waals surface area contributed by atoms with Gasteiger partial charge in [0.1, 0.15) is 17.9 Å². The fraction of sp³-hybridized carbons (Fsp3) is 0.176. The Hall–Kier alpha value is -5.04. The van der Waals surface area contributed by atoms with Crippen molar-refractivity contribution in [3.63, 3.8) is 0 Å². The normalized spacial score (nSPS) is 14.3. The molecule has 0 saturated carbocycles. The summed E-state index contributed by atoms with van der Waals surface area (Å²) in [6, 6.07) is 27.2. The molecule has 1 amide bonds. The molecule has 6 rings (SSSR count). The number of hydrogen-bond acceptors (Lipinski definition) is 6. The van der Waals surface area contributed by atoms with Crippen LogP contribution in [0.2, 0.25) is 0 Å². The average Bonchev–Trinajstić information content (AvgIpc) is 3.29. The van der Waals surface area contributed by atoms with E-state index in [9.17, 15) is 9.59 Å². The predicted molar refractivity (Wildman–Crippen MR) is 157 cm³/mol. The van der Waals surface area contributed by atoms with Gasteiger partial charge in [-0.25, -0.2) is 0 Å². The van der Waals surface area contributed by atoms with Crippen molar-refractivity contribution in [2.75, 3.05) is 18.6 Å². The fourth-order valence-electron chi connectivity index (χ4n) is 5.25. The SMILES string of the molecule is CCOc1ccc(N2C(=O)c3oc4ccc(C)cc4c(=O)c3C2c2ccc(OCc3ccccc3)c(OC)c2)cc1. The Morgan fingerprint density at radius 3 is 2.37 bits per heavy atom. The summed E-state index contributed by atoms with van der Waals surface area (Å²) in [4.78, 5) is 29.5. The van der Waals surface area contributed by atoms with Gasteiger partial charge < -0.3 is 18.6 Å². The summed E-state index contributed by atoms with van der Waals surface area (Å²) >= 11 is 0. The number of hydrogen-bond donors (Lipinski definition) is 0. The van der Waals surface area contributed by atoms with Crippen LogP contribution in [0.3, 0.4) is 0 Å². The van der Waals surface area contributed by atoms with Gasteiger partial charge >= 0.3 is 0 Å². The van der Waals surface area contributed by atoms with Crippen LogP contribution >= 0.6 is 0 Å². The number of methoxy groups -OCH3 is 1. The number of anilines is 1. The van der Waals surface area contributed by atoms with Crippen LogP contribution in [0, 0.1) is 6.92 Å². The Morgan fingerprint density at radius 1 is 0.854 bits per heavy atom. The molecule has 0 spiro atoms. The molecule has 1 atom stereocenters. The Balaban J connectivity index is 1.48. The third kappa shape index (κ3) is 4.80. The Kier molecular flexibility index (Phi) is 6.93. The second kappa shape index (κ2) is 10.8. The summed E-state index contributed by atoms with van der Waals surface area (Å²) in [5.41, 5.74) is 3.68. The maximum atomic E-state index is 14.0. The van der Waals surface area contributed by atoms with Gasteiger partial charge in [-0.2, -0.15) is 0 Å². The van der Waals surface area contributed by atoms with Gasteiger partial charge in [0.05, 0.1) is 30.7 Å². The minimum Gasteiger partial charge on any atom is -0.494 e. The predicted octanol–water partition coefficient (Wildman–Crippen LogP) is 6.84. The minimum absolute atomic E-state index is 0.0357. The van der Waals surface area contributed by atoms with E-state index in [1.807, 2.05) is 92.7 Å². The van der Waals surface area contributed by atoms with E-state index in [-0.39, 0.29) is 11.2 Å². The van der Waals surface area contributed by atoms with E-state index in [0.717, 1.165) is 11.1 Å². The number of amides is 1. The summed E-state index contributed by atoms with van der Waals surface area (Å²) in [5, 5.41) is 0.435. The third-order valence-corrected chi connectivity index (χ3v) is 7.19. The highest BCUT2D eigenvalue weighted by Crippen LogP contribution is 2.43. The molecule has 0 aliphatic carbocycles. The van der Waals surface area contributed by atoms with Gasteiger partial charge in [-0.15, -0.1) is 0 Å². The van der Waals surface area contributed by atoms with E-state index in [4.69, 9.17) is 18.6 Å². The summed E-state index contributed by atoms with van der Waals surface area (Å²) in [5.74, 6) is 1.38. The molecule has 0 N–H and O–H groups in total. The first-order valence-electron chi connectivity index (χ1n) is 13.5. The van der Waals surface area contributed by atoms with E-state index in [1.165, 1.54) is 0 Å². The quantitative estimate of drug-likeness (QED) is 0.212. The molecule has 7 heteroatoms. The Bertz CT molecular complexity index is 1790. The standard InChI is InChI=1S/C34H29NO6/c1-4-39-25-14-12-24(13-15-25)35-31(30-32(36)26-18-21(2)10-16-27(26)41-33(30)34(35)37)23-11-17-28(29(19-23)38-3)40-20-22-8-6-5-7-9-22/h5-19,31H,4,20H2,1-3H3. The molecule has 0 radical (unpaired) electrons. The third-order valence-electron chi connectivity index (χ3n) is 7.19. The molecule has 41 heavy (non-hydrogen) atoms. The van der Waals surface area contributed by atoms with Gasteiger partial charge in [-0.1, -0.05) is 48.0 Å². The molecule has 0 bridgehead atoms. The highest BCUT2D eigenvalue weighted by Gasteiger charge is 2.44. The second-order valence-electron chi connectivity index (χ2n) is 9.86. The van der Waals surface area contributed by atoms with E-state index in [1.54, 1.807) is 24.1 Å². The van der Waals surface area contributed by atoms with Crippen LogP contribution < -0.4 is 24.5 Å². The zero-order valence-corrected chi connectivity index (χ0v) is 23.0. The summed E-state index contributed by atoms with van der Waals surface area (Å²) in [7, 11) is 1.57. The molecule has 1 aliphatic heterocycles. The molecule has 1 aromatic heterocycles. The lowest BCUT2D eigenvalue weighted by molar-refractivity contribution is 0.0971.